The van der Waals surface area contributed by atoms with Crippen LogP contribution in [0.25, 0.3) is 22.4 Å². The molecule has 0 saturated heterocycles. The van der Waals surface area contributed by atoms with E-state index in [1.165, 1.54) is 0 Å². The number of nitrogens with two attached hydrogens (primary N) is 1. The zero-order valence-electron chi connectivity index (χ0n) is 8.94. The van der Waals surface area contributed by atoms with Gasteiger partial charge in [-0.3, -0.25) is 0 Å². The van der Waals surface area contributed by atoms with Crippen LogP contribution in [0.2, 0.25) is 0 Å². The van der Waals surface area contributed by atoms with Crippen molar-refractivity contribution in [2.75, 3.05) is 5.73 Å². The van der Waals surface area contributed by atoms with Crippen molar-refractivity contribution in [1.29, 1.82) is 0 Å². The Kier molecular flexibility index (Phi) is 2.37. The molecule has 0 spiro atoms. The maximum absolute atomic E-state index is 5.77. The highest BCUT2D eigenvalue weighted by molar-refractivity contribution is 9.10. The molecule has 17 heavy (non-hydrogen) atoms. The molecule has 0 aliphatic heterocycles. The molecule has 0 saturated carbocycles. The number of nitrogen functional groups attached to an aromatic ring is 1. The summed E-state index contributed by atoms with van der Waals surface area (Å²) in [5.41, 5.74) is 9.46. The fraction of sp³-hybridized carbons (Fsp3) is 0. The third-order valence-corrected chi connectivity index (χ3v) is 3.10. The lowest BCUT2D eigenvalue weighted by Crippen LogP contribution is -1.86. The molecule has 2 aromatic carbocycles. The van der Waals surface area contributed by atoms with E-state index in [2.05, 4.69) is 25.9 Å². The van der Waals surface area contributed by atoms with Crippen LogP contribution in [-0.2, 0) is 0 Å². The largest absolute Gasteiger partial charge is 0.399 e. The van der Waals surface area contributed by atoms with Crippen LogP contribution >= 0.6 is 15.9 Å². The van der Waals surface area contributed by atoms with Gasteiger partial charge in [-0.1, -0.05) is 28.1 Å². The Morgan fingerprint density at radius 2 is 2.00 bits per heavy atom. The average Bonchev–Trinajstić information content (AvgIpc) is 2.72. The average molecular weight is 288 g/mol. The number of nitrogens with one attached hydrogen (secondary N) is 1. The van der Waals surface area contributed by atoms with Crippen molar-refractivity contribution in [1.82, 2.24) is 9.97 Å². The topological polar surface area (TPSA) is 54.7 Å². The number of nitrogens with zero attached hydrogens (tertiary/aromatic N) is 1. The van der Waals surface area contributed by atoms with Gasteiger partial charge in [0.25, 0.3) is 0 Å². The molecule has 84 valence electrons. The van der Waals surface area contributed by atoms with Crippen LogP contribution in [-0.4, -0.2) is 9.97 Å². The van der Waals surface area contributed by atoms with Crippen LogP contribution in [0.15, 0.2) is 46.9 Å². The molecule has 0 aliphatic rings. The molecule has 0 amide bonds. The molecule has 3 rings (SSSR count). The van der Waals surface area contributed by atoms with Gasteiger partial charge in [0.05, 0.1) is 11.0 Å². The van der Waals surface area contributed by atoms with Crippen molar-refractivity contribution in [2.24, 2.45) is 0 Å². The van der Waals surface area contributed by atoms with E-state index in [4.69, 9.17) is 5.73 Å². The predicted molar refractivity (Wildman–Crippen MR) is 73.6 cm³/mol. The van der Waals surface area contributed by atoms with Gasteiger partial charge in [-0.25, -0.2) is 4.98 Å². The summed E-state index contributed by atoms with van der Waals surface area (Å²) in [5.74, 6) is 0.838. The molecule has 1 heterocycles. The summed E-state index contributed by atoms with van der Waals surface area (Å²) < 4.78 is 1.03. The first-order chi connectivity index (χ1) is 8.22. The highest BCUT2D eigenvalue weighted by Gasteiger charge is 2.05. The number of anilines is 1. The predicted octanol–water partition coefficient (Wildman–Crippen LogP) is 3.57. The second-order valence-corrected chi connectivity index (χ2v) is 4.79. The van der Waals surface area contributed by atoms with Crippen molar-refractivity contribution < 1.29 is 0 Å². The smallest absolute Gasteiger partial charge is 0.138 e. The second-order valence-electron chi connectivity index (χ2n) is 3.87. The quantitative estimate of drug-likeness (QED) is 0.672. The molecular weight excluding hydrogens is 278 g/mol. The highest BCUT2D eigenvalue weighted by Crippen LogP contribution is 2.23. The summed E-state index contributed by atoms with van der Waals surface area (Å²) >= 11 is 3.44. The minimum absolute atomic E-state index is 0.740. The van der Waals surface area contributed by atoms with Gasteiger partial charge in [-0.15, -0.1) is 0 Å². The number of fused-ring (bicyclic) bond motifs is 1. The van der Waals surface area contributed by atoms with Crippen molar-refractivity contribution in [2.45, 2.75) is 0 Å². The number of rotatable bonds is 1. The fourth-order valence-electron chi connectivity index (χ4n) is 1.80. The Labute approximate surface area is 107 Å². The Balaban J connectivity index is 2.18. The number of halogens is 1. The highest BCUT2D eigenvalue weighted by atomic mass is 79.9. The first kappa shape index (κ1) is 10.4. The van der Waals surface area contributed by atoms with Gasteiger partial charge in [0, 0.05) is 15.7 Å². The molecule has 3 aromatic rings. The molecule has 0 fully saturated rings. The third-order valence-electron chi connectivity index (χ3n) is 2.60. The van der Waals surface area contributed by atoms with Crippen LogP contribution in [0.1, 0.15) is 0 Å². The van der Waals surface area contributed by atoms with Crippen LogP contribution in [0.5, 0.6) is 0 Å². The van der Waals surface area contributed by atoms with E-state index in [0.717, 1.165) is 32.6 Å². The minimum atomic E-state index is 0.740. The molecule has 0 unspecified atom stereocenters. The maximum atomic E-state index is 5.77. The first-order valence-corrected chi connectivity index (χ1v) is 6.03. The first-order valence-electron chi connectivity index (χ1n) is 5.23. The molecule has 0 aliphatic carbocycles. The lowest BCUT2D eigenvalue weighted by atomic mass is 10.2. The van der Waals surface area contributed by atoms with E-state index in [1.54, 1.807) is 0 Å². The third kappa shape index (κ3) is 1.91. The zero-order valence-corrected chi connectivity index (χ0v) is 10.5. The van der Waals surface area contributed by atoms with Crippen LogP contribution in [0.4, 0.5) is 5.69 Å². The Morgan fingerprint density at radius 3 is 2.82 bits per heavy atom. The minimum Gasteiger partial charge on any atom is -0.399 e. The monoisotopic (exact) mass is 287 g/mol. The molecule has 0 radical (unpaired) electrons. The zero-order chi connectivity index (χ0) is 11.8. The molecular formula is C13H10BrN3. The molecule has 3 nitrogen and oxygen atoms in total. The van der Waals surface area contributed by atoms with E-state index in [1.807, 2.05) is 42.5 Å². The van der Waals surface area contributed by atoms with Crippen molar-refractivity contribution >= 4 is 32.7 Å². The van der Waals surface area contributed by atoms with E-state index >= 15 is 0 Å². The molecule has 3 N–H and O–H groups in total. The standard InChI is InChI=1S/C13H10BrN3/c14-9-4-5-11-12(7-9)17-13(16-11)8-2-1-3-10(15)6-8/h1-7H,15H2,(H,16,17). The summed E-state index contributed by atoms with van der Waals surface area (Å²) in [6.45, 7) is 0. The molecule has 1 aromatic heterocycles. The number of hydrogen-bond donors (Lipinski definition) is 2. The Hall–Kier alpha value is -1.81. The fourth-order valence-corrected chi connectivity index (χ4v) is 2.17. The lowest BCUT2D eigenvalue weighted by molar-refractivity contribution is 1.34. The summed E-state index contributed by atoms with van der Waals surface area (Å²) in [5, 5.41) is 0. The molecule has 4 heteroatoms. The summed E-state index contributed by atoms with van der Waals surface area (Å²) in [7, 11) is 0. The maximum Gasteiger partial charge on any atom is 0.138 e. The summed E-state index contributed by atoms with van der Waals surface area (Å²) in [6.07, 6.45) is 0. The molecule has 0 atom stereocenters. The van der Waals surface area contributed by atoms with E-state index in [0.29, 0.717) is 0 Å². The van der Waals surface area contributed by atoms with Crippen LogP contribution in [0.3, 0.4) is 0 Å². The Bertz CT molecular complexity index is 688. The van der Waals surface area contributed by atoms with E-state index in [9.17, 15) is 0 Å². The van der Waals surface area contributed by atoms with Gasteiger partial charge in [-0.2, -0.15) is 0 Å². The normalized spacial score (nSPS) is 10.9. The second kappa shape index (κ2) is 3.89. The van der Waals surface area contributed by atoms with E-state index < -0.39 is 0 Å². The number of hydrogen-bond acceptors (Lipinski definition) is 2. The van der Waals surface area contributed by atoms with Crippen molar-refractivity contribution in [3.63, 3.8) is 0 Å². The van der Waals surface area contributed by atoms with Gasteiger partial charge < -0.3 is 10.7 Å². The summed E-state index contributed by atoms with van der Waals surface area (Å²) in [6, 6.07) is 13.7. The lowest BCUT2D eigenvalue weighted by Gasteiger charge is -1.97. The molecule has 0 bridgehead atoms. The van der Waals surface area contributed by atoms with Crippen LogP contribution < -0.4 is 5.73 Å². The SMILES string of the molecule is Nc1cccc(-c2nc3ccc(Br)cc3[nH]2)c1. The Morgan fingerprint density at radius 1 is 1.12 bits per heavy atom. The van der Waals surface area contributed by atoms with Crippen molar-refractivity contribution in [3.8, 4) is 11.4 Å². The summed E-state index contributed by atoms with van der Waals surface area (Å²) in [4.78, 5) is 7.82. The van der Waals surface area contributed by atoms with Gasteiger partial charge >= 0.3 is 0 Å². The number of benzene rings is 2. The van der Waals surface area contributed by atoms with Crippen LogP contribution in [0, 0.1) is 0 Å². The number of H-pyrrole nitrogens is 1. The van der Waals surface area contributed by atoms with Gasteiger partial charge in [-0.05, 0) is 30.3 Å². The number of imidazole rings is 1. The number of aromatic nitrogens is 2. The van der Waals surface area contributed by atoms with Gasteiger partial charge in [0.15, 0.2) is 0 Å². The van der Waals surface area contributed by atoms with E-state index in [-0.39, 0.29) is 0 Å². The number of aromatic amines is 1. The van der Waals surface area contributed by atoms with Crippen molar-refractivity contribution in [3.05, 3.63) is 46.9 Å². The van der Waals surface area contributed by atoms with Gasteiger partial charge in [0.2, 0.25) is 0 Å². The van der Waals surface area contributed by atoms with Gasteiger partial charge in [0.1, 0.15) is 5.82 Å².